The average molecular weight is 347 g/mol. The van der Waals surface area contributed by atoms with Crippen molar-refractivity contribution in [2.45, 2.75) is 31.9 Å². The number of carbonyl (C=O) groups excluding carboxylic acids is 1. The molecular weight excluding hydrogens is 322 g/mol. The molecule has 24 heavy (non-hydrogen) atoms. The average Bonchev–Trinajstić information content (AvgIpc) is 3.16. The Kier molecular flexibility index (Phi) is 5.68. The minimum absolute atomic E-state index is 0.142. The molecule has 2 fully saturated rings. The second kappa shape index (κ2) is 7.94. The van der Waals surface area contributed by atoms with Gasteiger partial charge in [0.15, 0.2) is 5.11 Å². The van der Waals surface area contributed by atoms with E-state index in [1.807, 2.05) is 23.1 Å². The van der Waals surface area contributed by atoms with Crippen LogP contribution in [0.4, 0.5) is 0 Å². The van der Waals surface area contributed by atoms with E-state index < -0.39 is 0 Å². The standard InChI is InChI=1S/C18H25N3O2S/c1-14(15-6-3-2-4-7-15)19-18(24)21-11-9-20(10-12-21)17(22)16-8-5-13-23-16/h2-4,6-7,14,16H,5,8-13H2,1H3,(H,19,24). The fourth-order valence-corrected chi connectivity index (χ4v) is 3.57. The zero-order valence-corrected chi connectivity index (χ0v) is 14.9. The van der Waals surface area contributed by atoms with E-state index in [0.29, 0.717) is 19.7 Å². The number of benzene rings is 1. The van der Waals surface area contributed by atoms with Gasteiger partial charge in [-0.15, -0.1) is 0 Å². The number of carbonyl (C=O) groups is 1. The van der Waals surface area contributed by atoms with Crippen LogP contribution in [0.1, 0.15) is 31.4 Å². The lowest BCUT2D eigenvalue weighted by Crippen LogP contribution is -2.54. The quantitative estimate of drug-likeness (QED) is 0.847. The molecule has 2 aliphatic rings. The zero-order valence-electron chi connectivity index (χ0n) is 14.1. The van der Waals surface area contributed by atoms with Crippen LogP contribution in [-0.4, -0.2) is 59.7 Å². The van der Waals surface area contributed by atoms with Crippen LogP contribution in [-0.2, 0) is 9.53 Å². The third-order valence-corrected chi connectivity index (χ3v) is 5.10. The van der Waals surface area contributed by atoms with Gasteiger partial charge in [0.25, 0.3) is 5.91 Å². The van der Waals surface area contributed by atoms with Gasteiger partial charge in [-0.25, -0.2) is 0 Å². The summed E-state index contributed by atoms with van der Waals surface area (Å²) in [4.78, 5) is 16.4. The molecule has 0 aromatic heterocycles. The van der Waals surface area contributed by atoms with Gasteiger partial charge in [-0.1, -0.05) is 30.3 Å². The van der Waals surface area contributed by atoms with E-state index in [4.69, 9.17) is 17.0 Å². The normalized spacial score (nSPS) is 22.3. The Morgan fingerprint density at radius 2 is 1.88 bits per heavy atom. The summed E-state index contributed by atoms with van der Waals surface area (Å²) >= 11 is 5.55. The van der Waals surface area contributed by atoms with E-state index in [2.05, 4.69) is 29.3 Å². The molecule has 2 heterocycles. The van der Waals surface area contributed by atoms with Crippen LogP contribution in [0.25, 0.3) is 0 Å². The van der Waals surface area contributed by atoms with Crippen LogP contribution in [0.5, 0.6) is 0 Å². The molecule has 2 saturated heterocycles. The lowest BCUT2D eigenvalue weighted by molar-refractivity contribution is -0.142. The van der Waals surface area contributed by atoms with Gasteiger partial charge in [-0.2, -0.15) is 0 Å². The molecule has 2 unspecified atom stereocenters. The van der Waals surface area contributed by atoms with Crippen molar-refractivity contribution >= 4 is 23.2 Å². The van der Waals surface area contributed by atoms with Gasteiger partial charge < -0.3 is 19.9 Å². The van der Waals surface area contributed by atoms with Crippen molar-refractivity contribution in [3.05, 3.63) is 35.9 Å². The third-order valence-electron chi connectivity index (χ3n) is 4.72. The van der Waals surface area contributed by atoms with Crippen LogP contribution < -0.4 is 5.32 Å². The molecule has 0 radical (unpaired) electrons. The van der Waals surface area contributed by atoms with Gasteiger partial charge in [0.05, 0.1) is 6.04 Å². The molecular formula is C18H25N3O2S. The third kappa shape index (κ3) is 4.05. The van der Waals surface area contributed by atoms with Gasteiger partial charge in [0.1, 0.15) is 6.10 Å². The van der Waals surface area contributed by atoms with E-state index in [-0.39, 0.29) is 18.1 Å². The van der Waals surface area contributed by atoms with Crippen LogP contribution in [0.15, 0.2) is 30.3 Å². The Bertz CT molecular complexity index is 567. The predicted octanol–water partition coefficient (Wildman–Crippen LogP) is 1.95. The number of hydrogen-bond acceptors (Lipinski definition) is 3. The number of hydrogen-bond donors (Lipinski definition) is 1. The van der Waals surface area contributed by atoms with Crippen LogP contribution in [0.2, 0.25) is 0 Å². The molecule has 1 aromatic rings. The van der Waals surface area contributed by atoms with Gasteiger partial charge in [0.2, 0.25) is 0 Å². The van der Waals surface area contributed by atoms with E-state index in [9.17, 15) is 4.79 Å². The van der Waals surface area contributed by atoms with Crippen LogP contribution >= 0.6 is 12.2 Å². The zero-order chi connectivity index (χ0) is 16.9. The Morgan fingerprint density at radius 1 is 1.21 bits per heavy atom. The first-order valence-corrected chi connectivity index (χ1v) is 9.07. The second-order valence-electron chi connectivity index (χ2n) is 6.40. The monoisotopic (exact) mass is 347 g/mol. The highest BCUT2D eigenvalue weighted by Gasteiger charge is 2.30. The van der Waals surface area contributed by atoms with E-state index in [1.54, 1.807) is 0 Å². The topological polar surface area (TPSA) is 44.8 Å². The largest absolute Gasteiger partial charge is 0.368 e. The number of rotatable bonds is 3. The maximum absolute atomic E-state index is 12.4. The number of ether oxygens (including phenoxy) is 1. The number of piperazine rings is 1. The molecule has 3 rings (SSSR count). The summed E-state index contributed by atoms with van der Waals surface area (Å²) in [5, 5.41) is 4.15. The van der Waals surface area contributed by atoms with Gasteiger partial charge in [-0.05, 0) is 37.5 Å². The molecule has 5 nitrogen and oxygen atoms in total. The van der Waals surface area contributed by atoms with E-state index >= 15 is 0 Å². The van der Waals surface area contributed by atoms with E-state index in [0.717, 1.165) is 31.0 Å². The van der Waals surface area contributed by atoms with Gasteiger partial charge in [-0.3, -0.25) is 4.79 Å². The van der Waals surface area contributed by atoms with Crippen LogP contribution in [0, 0.1) is 0 Å². The number of thiocarbonyl (C=S) groups is 1. The summed E-state index contributed by atoms with van der Waals surface area (Å²) in [6.45, 7) is 5.78. The van der Waals surface area contributed by atoms with Crippen molar-refractivity contribution in [3.63, 3.8) is 0 Å². The first-order valence-electron chi connectivity index (χ1n) is 8.66. The number of nitrogens with one attached hydrogen (secondary N) is 1. The van der Waals surface area contributed by atoms with Crippen LogP contribution in [0.3, 0.4) is 0 Å². The van der Waals surface area contributed by atoms with Crippen molar-refractivity contribution in [2.24, 2.45) is 0 Å². The number of amides is 1. The smallest absolute Gasteiger partial charge is 0.251 e. The van der Waals surface area contributed by atoms with Crippen molar-refractivity contribution in [1.82, 2.24) is 15.1 Å². The molecule has 130 valence electrons. The minimum atomic E-state index is -0.222. The molecule has 2 atom stereocenters. The second-order valence-corrected chi connectivity index (χ2v) is 6.78. The predicted molar refractivity (Wildman–Crippen MR) is 97.7 cm³/mol. The Hall–Kier alpha value is -1.66. The highest BCUT2D eigenvalue weighted by atomic mass is 32.1. The lowest BCUT2D eigenvalue weighted by atomic mass is 10.1. The summed E-state index contributed by atoms with van der Waals surface area (Å²) in [7, 11) is 0. The summed E-state index contributed by atoms with van der Waals surface area (Å²) in [6.07, 6.45) is 1.62. The lowest BCUT2D eigenvalue weighted by Gasteiger charge is -2.37. The molecule has 6 heteroatoms. The number of nitrogens with zero attached hydrogens (tertiary/aromatic N) is 2. The molecule has 0 spiro atoms. The van der Waals surface area contributed by atoms with Gasteiger partial charge >= 0.3 is 0 Å². The van der Waals surface area contributed by atoms with E-state index in [1.165, 1.54) is 5.56 Å². The van der Waals surface area contributed by atoms with Crippen molar-refractivity contribution in [3.8, 4) is 0 Å². The molecule has 0 aliphatic carbocycles. The molecule has 1 amide bonds. The summed E-state index contributed by atoms with van der Waals surface area (Å²) in [5.41, 5.74) is 1.21. The summed E-state index contributed by atoms with van der Waals surface area (Å²) in [6, 6.07) is 10.4. The van der Waals surface area contributed by atoms with Gasteiger partial charge in [0, 0.05) is 32.8 Å². The fraction of sp³-hybridized carbons (Fsp3) is 0.556. The highest BCUT2D eigenvalue weighted by Crippen LogP contribution is 2.17. The fourth-order valence-electron chi connectivity index (χ4n) is 3.21. The molecule has 0 bridgehead atoms. The minimum Gasteiger partial charge on any atom is -0.368 e. The summed E-state index contributed by atoms with van der Waals surface area (Å²) in [5.74, 6) is 0.142. The molecule has 2 aliphatic heterocycles. The maximum atomic E-state index is 12.4. The van der Waals surface area contributed by atoms with Crippen molar-refractivity contribution in [2.75, 3.05) is 32.8 Å². The Balaban J connectivity index is 1.47. The molecule has 0 saturated carbocycles. The Labute approximate surface area is 149 Å². The maximum Gasteiger partial charge on any atom is 0.251 e. The highest BCUT2D eigenvalue weighted by molar-refractivity contribution is 7.80. The summed E-state index contributed by atoms with van der Waals surface area (Å²) < 4.78 is 5.50. The molecule has 1 aromatic carbocycles. The van der Waals surface area contributed by atoms with Crippen molar-refractivity contribution in [1.29, 1.82) is 0 Å². The van der Waals surface area contributed by atoms with Crippen molar-refractivity contribution < 1.29 is 9.53 Å². The Morgan fingerprint density at radius 3 is 2.50 bits per heavy atom. The first kappa shape index (κ1) is 17.2. The molecule has 1 N–H and O–H groups in total. The first-order chi connectivity index (χ1) is 11.6. The SMILES string of the molecule is CC(NC(=S)N1CCN(C(=O)C2CCCO2)CC1)c1ccccc1.